The maximum Gasteiger partial charge on any atom is 0.267 e. The Morgan fingerprint density at radius 3 is 2.82 bits per heavy atom. The first kappa shape index (κ1) is 23.2. The molecule has 4 rings (SSSR count). The van der Waals surface area contributed by atoms with Crippen molar-refractivity contribution >= 4 is 34.4 Å². The third-order valence-electron chi connectivity index (χ3n) is 5.68. The van der Waals surface area contributed by atoms with E-state index in [2.05, 4.69) is 20.6 Å². The number of rotatable bonds is 5. The Bertz CT molecular complexity index is 1260. The summed E-state index contributed by atoms with van der Waals surface area (Å²) in [5, 5.41) is 16.7. The number of aliphatic hydroxyl groups is 1. The molecule has 2 aromatic heterocycles. The van der Waals surface area contributed by atoms with Gasteiger partial charge in [0, 0.05) is 36.7 Å². The fraction of sp³-hybridized carbons (Fsp3) is 0.391. The van der Waals surface area contributed by atoms with Gasteiger partial charge in [-0.25, -0.2) is 9.97 Å². The van der Waals surface area contributed by atoms with E-state index in [0.717, 1.165) is 0 Å². The largest absolute Gasteiger partial charge is 0.389 e. The van der Waals surface area contributed by atoms with Crippen molar-refractivity contribution < 1.29 is 14.6 Å². The molecule has 0 aliphatic carbocycles. The minimum absolute atomic E-state index is 0.0799. The van der Waals surface area contributed by atoms with Gasteiger partial charge in [0.15, 0.2) is 5.43 Å². The highest BCUT2D eigenvalue weighted by Crippen LogP contribution is 2.30. The lowest BCUT2D eigenvalue weighted by atomic mass is 10.1. The number of hydrogen-bond donors (Lipinski definition) is 3. The molecule has 0 saturated carbocycles. The highest BCUT2D eigenvalue weighted by Gasteiger charge is 2.25. The van der Waals surface area contributed by atoms with Crippen molar-refractivity contribution in [2.45, 2.75) is 38.5 Å². The number of hydrogen-bond acceptors (Lipinski definition) is 7. The number of carbonyl (C=O) groups excluding carboxylic acids is 1. The molecule has 3 heterocycles. The van der Waals surface area contributed by atoms with Crippen LogP contribution in [0.3, 0.4) is 0 Å². The number of pyridine rings is 1. The van der Waals surface area contributed by atoms with Gasteiger partial charge < -0.3 is 25.0 Å². The quantitative estimate of drug-likeness (QED) is 0.523. The molecule has 9 nitrogen and oxygen atoms in total. The van der Waals surface area contributed by atoms with E-state index in [1.807, 2.05) is 24.5 Å². The summed E-state index contributed by atoms with van der Waals surface area (Å²) in [5.41, 5.74) is 1.81. The third-order valence-corrected chi connectivity index (χ3v) is 5.96. The van der Waals surface area contributed by atoms with Crippen LogP contribution in [0.1, 0.15) is 36.8 Å². The predicted molar refractivity (Wildman–Crippen MR) is 127 cm³/mol. The Kier molecular flexibility index (Phi) is 6.64. The lowest BCUT2D eigenvalue weighted by molar-refractivity contribution is -0.0136. The molecule has 1 aromatic carbocycles. The maximum atomic E-state index is 12.7. The molecule has 0 bridgehead atoms. The number of nitrogens with one attached hydrogen (secondary N) is 2. The molecule has 1 aliphatic heterocycles. The zero-order chi connectivity index (χ0) is 23.7. The number of anilines is 1. The number of ether oxygens (including phenoxy) is 1. The van der Waals surface area contributed by atoms with Gasteiger partial charge in [0.05, 0.1) is 41.2 Å². The second-order valence-electron chi connectivity index (χ2n) is 8.24. The van der Waals surface area contributed by atoms with Gasteiger partial charge in [-0.2, -0.15) is 0 Å². The smallest absolute Gasteiger partial charge is 0.267 e. The molecular formula is C23H26ClN5O4. The normalized spacial score (nSPS) is 18.5. The number of aliphatic hydroxyl groups excluding tert-OH is 1. The highest BCUT2D eigenvalue weighted by atomic mass is 35.5. The summed E-state index contributed by atoms with van der Waals surface area (Å²) in [7, 11) is 1.53. The topological polar surface area (TPSA) is 118 Å². The third kappa shape index (κ3) is 4.57. The van der Waals surface area contributed by atoms with Crippen molar-refractivity contribution in [1.82, 2.24) is 19.9 Å². The van der Waals surface area contributed by atoms with Gasteiger partial charge in [-0.15, -0.1) is 0 Å². The maximum absolute atomic E-state index is 12.7. The van der Waals surface area contributed by atoms with Crippen LogP contribution in [-0.4, -0.2) is 58.0 Å². The van der Waals surface area contributed by atoms with Crippen LogP contribution < -0.4 is 16.1 Å². The fourth-order valence-corrected chi connectivity index (χ4v) is 4.24. The van der Waals surface area contributed by atoms with Crippen molar-refractivity contribution in [2.75, 3.05) is 25.6 Å². The van der Waals surface area contributed by atoms with Crippen LogP contribution in [0.4, 0.5) is 5.95 Å². The van der Waals surface area contributed by atoms with E-state index in [4.69, 9.17) is 16.3 Å². The average Bonchev–Trinajstić information content (AvgIpc) is 2.80. The molecule has 33 heavy (non-hydrogen) atoms. The molecule has 10 heteroatoms. The number of nitrogens with zero attached hydrogens (tertiary/aromatic N) is 3. The Morgan fingerprint density at radius 2 is 2.12 bits per heavy atom. The first-order valence-corrected chi connectivity index (χ1v) is 11.1. The summed E-state index contributed by atoms with van der Waals surface area (Å²) in [6.45, 7) is 4.69. The summed E-state index contributed by atoms with van der Waals surface area (Å²) >= 11 is 6.44. The van der Waals surface area contributed by atoms with Gasteiger partial charge in [0.1, 0.15) is 5.69 Å². The first-order valence-electron chi connectivity index (χ1n) is 10.8. The molecule has 174 valence electrons. The molecule has 2 atom stereocenters. The van der Waals surface area contributed by atoms with Gasteiger partial charge in [-0.3, -0.25) is 9.59 Å². The van der Waals surface area contributed by atoms with Crippen LogP contribution in [0.5, 0.6) is 0 Å². The molecule has 1 fully saturated rings. The Balaban J connectivity index is 1.82. The second kappa shape index (κ2) is 9.46. The van der Waals surface area contributed by atoms with Gasteiger partial charge in [0.2, 0.25) is 5.95 Å². The average molecular weight is 472 g/mol. The number of aromatic nitrogens is 3. The number of fused-ring (bicyclic) bond motifs is 1. The first-order chi connectivity index (χ1) is 15.8. The molecule has 0 unspecified atom stereocenters. The monoisotopic (exact) mass is 471 g/mol. The fourth-order valence-electron chi connectivity index (χ4n) is 4.04. The van der Waals surface area contributed by atoms with Gasteiger partial charge in [-0.05, 0) is 32.4 Å². The van der Waals surface area contributed by atoms with E-state index in [-0.39, 0.29) is 35.7 Å². The van der Waals surface area contributed by atoms with Crippen molar-refractivity contribution in [3.63, 3.8) is 0 Å². The lowest BCUT2D eigenvalue weighted by Crippen LogP contribution is -2.42. The Hall–Kier alpha value is -3.01. The Morgan fingerprint density at radius 1 is 1.33 bits per heavy atom. The summed E-state index contributed by atoms with van der Waals surface area (Å²) in [6.07, 6.45) is 1.46. The van der Waals surface area contributed by atoms with Crippen molar-refractivity contribution in [3.8, 4) is 11.3 Å². The van der Waals surface area contributed by atoms with Crippen LogP contribution in [0.15, 0.2) is 35.3 Å². The number of halogens is 1. The zero-order valence-corrected chi connectivity index (χ0v) is 19.4. The SMILES string of the molecule is CNC(=O)c1cc(=O)c2ccc(-c3nc(N[C@@H]4CCOC[C@H]4O)ncc3Cl)cc2n1C(C)C. The second-order valence-corrected chi connectivity index (χ2v) is 8.65. The summed E-state index contributed by atoms with van der Waals surface area (Å²) < 4.78 is 7.09. The summed E-state index contributed by atoms with van der Waals surface area (Å²) in [4.78, 5) is 34.0. The van der Waals surface area contributed by atoms with E-state index >= 15 is 0 Å². The van der Waals surface area contributed by atoms with E-state index in [9.17, 15) is 14.7 Å². The van der Waals surface area contributed by atoms with E-state index in [1.54, 1.807) is 12.1 Å². The molecule has 0 radical (unpaired) electrons. The van der Waals surface area contributed by atoms with Crippen molar-refractivity contribution in [1.29, 1.82) is 0 Å². The van der Waals surface area contributed by atoms with E-state index < -0.39 is 6.10 Å². The van der Waals surface area contributed by atoms with Crippen LogP contribution in [0.2, 0.25) is 5.02 Å². The summed E-state index contributed by atoms with van der Waals surface area (Å²) in [6, 6.07) is 6.35. The minimum atomic E-state index is -0.661. The van der Waals surface area contributed by atoms with E-state index in [1.165, 1.54) is 19.3 Å². The molecule has 1 amide bonds. The predicted octanol–water partition coefficient (Wildman–Crippen LogP) is 2.61. The van der Waals surface area contributed by atoms with Crippen molar-refractivity contribution in [3.05, 3.63) is 51.4 Å². The highest BCUT2D eigenvalue weighted by molar-refractivity contribution is 6.33. The lowest BCUT2D eigenvalue weighted by Gasteiger charge is -2.28. The van der Waals surface area contributed by atoms with Crippen LogP contribution in [-0.2, 0) is 4.74 Å². The molecule has 0 spiro atoms. The van der Waals surface area contributed by atoms with Gasteiger partial charge >= 0.3 is 0 Å². The van der Waals surface area contributed by atoms with Crippen LogP contribution in [0.25, 0.3) is 22.2 Å². The zero-order valence-electron chi connectivity index (χ0n) is 18.6. The molecule has 3 N–H and O–H groups in total. The van der Waals surface area contributed by atoms with Gasteiger partial charge in [0.25, 0.3) is 5.91 Å². The summed E-state index contributed by atoms with van der Waals surface area (Å²) in [5.74, 6) is -0.00418. The number of carbonyl (C=O) groups is 1. The molecule has 3 aromatic rings. The number of benzene rings is 1. The molecular weight excluding hydrogens is 446 g/mol. The molecule has 1 aliphatic rings. The molecule has 1 saturated heterocycles. The minimum Gasteiger partial charge on any atom is -0.389 e. The van der Waals surface area contributed by atoms with Crippen molar-refractivity contribution in [2.24, 2.45) is 0 Å². The number of amides is 1. The van der Waals surface area contributed by atoms with Crippen LogP contribution >= 0.6 is 11.6 Å². The Labute approximate surface area is 195 Å². The van der Waals surface area contributed by atoms with Crippen LogP contribution in [0, 0.1) is 0 Å². The van der Waals surface area contributed by atoms with E-state index in [0.29, 0.717) is 46.2 Å². The standard InChI is InChI=1S/C23H26ClN5O4/c1-12(2)29-17-8-13(4-5-14(17)19(30)9-18(29)22(32)25-3)21-15(24)10-26-23(28-21)27-16-6-7-33-11-20(16)31/h4-5,8-10,12,16,20,31H,6-7,11H2,1-3H3,(H,25,32)(H,26,27,28)/t16-,20-/m1/s1. The van der Waals surface area contributed by atoms with Gasteiger partial charge in [-0.1, -0.05) is 17.7 Å².